The smallest absolute Gasteiger partial charge is 0.265 e. The summed E-state index contributed by atoms with van der Waals surface area (Å²) < 4.78 is 9.10. The van der Waals surface area contributed by atoms with Crippen molar-refractivity contribution < 1.29 is 9.53 Å². The number of para-hydroxylation sites is 1. The molecule has 0 aliphatic carbocycles. The normalized spacial score (nSPS) is 9.62. The lowest BCUT2D eigenvalue weighted by molar-refractivity contribution is 0.0962. The average Bonchev–Trinajstić information content (AvgIpc) is 2.90. The fraction of sp³-hybridized carbons (Fsp3) is 0.214. The number of hydrogen-bond acceptors (Lipinski definition) is 5. The molecule has 0 aliphatic heterocycles. The van der Waals surface area contributed by atoms with Crippen LogP contribution in [0.25, 0.3) is 0 Å². The largest absolute Gasteiger partial charge is 0.479 e. The number of aryl methyl sites for hydroxylation is 1. The molecular weight excluding hydrogens is 310 g/mol. The predicted molar refractivity (Wildman–Crippen MR) is 81.7 cm³/mol. The highest BCUT2D eigenvalue weighted by molar-refractivity contribution is 7.07. The molecule has 1 aromatic carbocycles. The maximum Gasteiger partial charge on any atom is 0.265 e. The van der Waals surface area contributed by atoms with Crippen LogP contribution in [0.1, 0.15) is 15.4 Å². The van der Waals surface area contributed by atoms with E-state index in [2.05, 4.69) is 26.7 Å². The lowest BCUT2D eigenvalue weighted by Gasteiger charge is -2.03. The Kier molecular flexibility index (Phi) is 5.55. The molecule has 7 heteroatoms. The molecule has 108 valence electrons. The van der Waals surface area contributed by atoms with Crippen molar-refractivity contribution in [2.75, 3.05) is 13.2 Å². The second-order valence-corrected chi connectivity index (χ2v) is 5.10. The van der Waals surface area contributed by atoms with E-state index in [9.17, 15) is 4.79 Å². The van der Waals surface area contributed by atoms with Crippen LogP contribution in [0, 0.1) is 18.8 Å². The van der Waals surface area contributed by atoms with Crippen LogP contribution in [-0.2, 0) is 0 Å². The molecule has 0 bridgehead atoms. The highest BCUT2D eigenvalue weighted by atomic mass is 35.5. The van der Waals surface area contributed by atoms with Gasteiger partial charge in [-0.2, -0.15) is 0 Å². The fourth-order valence-corrected chi connectivity index (χ4v) is 2.20. The lowest BCUT2D eigenvalue weighted by atomic mass is 10.3. The van der Waals surface area contributed by atoms with Crippen molar-refractivity contribution in [3.63, 3.8) is 0 Å². The number of carbonyl (C=O) groups is 1. The molecule has 21 heavy (non-hydrogen) atoms. The van der Waals surface area contributed by atoms with Crippen LogP contribution in [0.5, 0.6) is 5.75 Å². The number of ether oxygens (including phenoxy) is 1. The molecule has 0 radical (unpaired) electrons. The molecule has 0 saturated carbocycles. The molecular formula is C14H12ClN3O2S. The Hall–Kier alpha value is -2.10. The summed E-state index contributed by atoms with van der Waals surface area (Å²) in [6, 6.07) is 7.17. The summed E-state index contributed by atoms with van der Waals surface area (Å²) in [6.07, 6.45) is 0. The lowest BCUT2D eigenvalue weighted by Crippen LogP contribution is -2.23. The van der Waals surface area contributed by atoms with Gasteiger partial charge in [0.1, 0.15) is 17.2 Å². The molecule has 2 rings (SSSR count). The highest BCUT2D eigenvalue weighted by Crippen LogP contribution is 2.22. The van der Waals surface area contributed by atoms with E-state index in [1.54, 1.807) is 19.1 Å². The number of nitrogens with one attached hydrogen (secondary N) is 1. The number of carbonyl (C=O) groups excluding carboxylic acids is 1. The maximum atomic E-state index is 11.7. The number of amides is 1. The summed E-state index contributed by atoms with van der Waals surface area (Å²) in [4.78, 5) is 12.2. The monoisotopic (exact) mass is 321 g/mol. The summed E-state index contributed by atoms with van der Waals surface area (Å²) in [5.74, 6) is 5.97. The zero-order chi connectivity index (χ0) is 15.1. The van der Waals surface area contributed by atoms with Gasteiger partial charge in [0.15, 0.2) is 0 Å². The third-order valence-electron chi connectivity index (χ3n) is 2.46. The first-order valence-electron chi connectivity index (χ1n) is 6.08. The minimum Gasteiger partial charge on any atom is -0.479 e. The molecule has 1 aromatic heterocycles. The summed E-state index contributed by atoms with van der Waals surface area (Å²) in [5.41, 5.74) is 0.618. The SMILES string of the molecule is Cc1nnsc1C(=O)NCC#CCOc1ccccc1Cl. The Bertz CT molecular complexity index is 691. The van der Waals surface area contributed by atoms with E-state index in [-0.39, 0.29) is 19.1 Å². The van der Waals surface area contributed by atoms with Gasteiger partial charge in [-0.1, -0.05) is 40.1 Å². The van der Waals surface area contributed by atoms with E-state index >= 15 is 0 Å². The van der Waals surface area contributed by atoms with Gasteiger partial charge in [-0.25, -0.2) is 0 Å². The number of halogens is 1. The average molecular weight is 322 g/mol. The van der Waals surface area contributed by atoms with Crippen LogP contribution in [0.2, 0.25) is 5.02 Å². The summed E-state index contributed by atoms with van der Waals surface area (Å²) >= 11 is 7.00. The van der Waals surface area contributed by atoms with Crippen LogP contribution >= 0.6 is 23.1 Å². The van der Waals surface area contributed by atoms with Crippen LogP contribution in [0.3, 0.4) is 0 Å². The van der Waals surface area contributed by atoms with Gasteiger partial charge in [-0.3, -0.25) is 4.79 Å². The van der Waals surface area contributed by atoms with Crippen molar-refractivity contribution in [3.8, 4) is 17.6 Å². The molecule has 0 saturated heterocycles. The number of rotatable bonds is 4. The van der Waals surface area contributed by atoms with Crippen molar-refractivity contribution in [2.24, 2.45) is 0 Å². The standard InChI is InChI=1S/C14H12ClN3O2S/c1-10-13(21-18-17-10)14(19)16-8-4-5-9-20-12-7-3-2-6-11(12)15/h2-3,6-7H,8-9H2,1H3,(H,16,19). The van der Waals surface area contributed by atoms with Gasteiger partial charge in [-0.15, -0.1) is 5.10 Å². The first-order chi connectivity index (χ1) is 10.2. The summed E-state index contributed by atoms with van der Waals surface area (Å²) in [6.45, 7) is 2.18. The molecule has 0 atom stereocenters. The molecule has 0 fully saturated rings. The van der Waals surface area contributed by atoms with E-state index in [1.807, 2.05) is 12.1 Å². The van der Waals surface area contributed by atoms with Gasteiger partial charge in [0.25, 0.3) is 5.91 Å². The number of aromatic nitrogens is 2. The van der Waals surface area contributed by atoms with Gasteiger partial charge < -0.3 is 10.1 Å². The fourth-order valence-electron chi connectivity index (χ4n) is 1.43. The summed E-state index contributed by atoms with van der Waals surface area (Å²) in [5, 5.41) is 6.99. The van der Waals surface area contributed by atoms with Gasteiger partial charge in [0, 0.05) is 0 Å². The molecule has 5 nitrogen and oxygen atoms in total. The minimum atomic E-state index is -0.219. The third-order valence-corrected chi connectivity index (χ3v) is 3.60. The number of benzene rings is 1. The van der Waals surface area contributed by atoms with Crippen molar-refractivity contribution >= 4 is 29.0 Å². The second kappa shape index (κ2) is 7.62. The Morgan fingerprint density at radius 3 is 2.95 bits per heavy atom. The van der Waals surface area contributed by atoms with E-state index in [0.717, 1.165) is 11.5 Å². The molecule has 0 aliphatic rings. The van der Waals surface area contributed by atoms with E-state index in [1.165, 1.54) is 0 Å². The first kappa shape index (κ1) is 15.3. The minimum absolute atomic E-state index is 0.209. The van der Waals surface area contributed by atoms with Gasteiger partial charge >= 0.3 is 0 Å². The van der Waals surface area contributed by atoms with Crippen LogP contribution < -0.4 is 10.1 Å². The quantitative estimate of drug-likeness (QED) is 0.878. The Morgan fingerprint density at radius 1 is 1.43 bits per heavy atom. The van der Waals surface area contributed by atoms with Gasteiger partial charge in [0.2, 0.25) is 0 Å². The Labute approximate surface area is 131 Å². The molecule has 1 amide bonds. The van der Waals surface area contributed by atoms with Gasteiger partial charge in [0.05, 0.1) is 17.3 Å². The van der Waals surface area contributed by atoms with E-state index in [0.29, 0.717) is 21.3 Å². The Balaban J connectivity index is 1.74. The van der Waals surface area contributed by atoms with Crippen molar-refractivity contribution in [3.05, 3.63) is 39.9 Å². The Morgan fingerprint density at radius 2 is 2.24 bits per heavy atom. The highest BCUT2D eigenvalue weighted by Gasteiger charge is 2.11. The second-order valence-electron chi connectivity index (χ2n) is 3.94. The zero-order valence-electron chi connectivity index (χ0n) is 11.2. The molecule has 2 aromatic rings. The molecule has 0 spiro atoms. The van der Waals surface area contributed by atoms with E-state index in [4.69, 9.17) is 16.3 Å². The van der Waals surface area contributed by atoms with Crippen LogP contribution in [-0.4, -0.2) is 28.6 Å². The number of nitrogens with zero attached hydrogens (tertiary/aromatic N) is 2. The molecule has 1 heterocycles. The zero-order valence-corrected chi connectivity index (χ0v) is 12.8. The summed E-state index contributed by atoms with van der Waals surface area (Å²) in [7, 11) is 0. The number of hydrogen-bond donors (Lipinski definition) is 1. The van der Waals surface area contributed by atoms with Crippen molar-refractivity contribution in [2.45, 2.75) is 6.92 Å². The van der Waals surface area contributed by atoms with Crippen LogP contribution in [0.4, 0.5) is 0 Å². The van der Waals surface area contributed by atoms with Crippen molar-refractivity contribution in [1.29, 1.82) is 0 Å². The van der Waals surface area contributed by atoms with E-state index < -0.39 is 0 Å². The molecule has 0 unspecified atom stereocenters. The first-order valence-corrected chi connectivity index (χ1v) is 7.24. The topological polar surface area (TPSA) is 64.1 Å². The van der Waals surface area contributed by atoms with Crippen molar-refractivity contribution in [1.82, 2.24) is 14.9 Å². The molecule has 1 N–H and O–H groups in total. The van der Waals surface area contributed by atoms with Gasteiger partial charge in [-0.05, 0) is 30.6 Å². The van der Waals surface area contributed by atoms with Crippen LogP contribution in [0.15, 0.2) is 24.3 Å². The third kappa shape index (κ3) is 4.45. The predicted octanol–water partition coefficient (Wildman–Crippen LogP) is 2.31. The maximum absolute atomic E-state index is 11.7.